The fraction of sp³-hybridized carbons (Fsp3) is 0.464. The monoisotopic (exact) mass is 435 g/mol. The highest BCUT2D eigenvalue weighted by molar-refractivity contribution is 6.15. The zero-order valence-corrected chi connectivity index (χ0v) is 20.2. The van der Waals surface area contributed by atoms with Crippen LogP contribution >= 0.6 is 0 Å². The van der Waals surface area contributed by atoms with Crippen LogP contribution in [0.25, 0.3) is 6.08 Å². The first kappa shape index (κ1) is 24.1. The van der Waals surface area contributed by atoms with E-state index in [9.17, 15) is 9.90 Å². The molecular formula is C28H37NO3. The largest absolute Gasteiger partial charge is 0.507 e. The van der Waals surface area contributed by atoms with Crippen LogP contribution in [0, 0.1) is 6.92 Å². The van der Waals surface area contributed by atoms with Crippen LogP contribution in [0.3, 0.4) is 0 Å². The van der Waals surface area contributed by atoms with E-state index in [-0.39, 0.29) is 11.5 Å². The van der Waals surface area contributed by atoms with E-state index in [2.05, 4.69) is 44.7 Å². The summed E-state index contributed by atoms with van der Waals surface area (Å²) >= 11 is 0. The van der Waals surface area contributed by atoms with Gasteiger partial charge in [-0.15, -0.1) is 0 Å². The van der Waals surface area contributed by atoms with E-state index in [0.29, 0.717) is 35.1 Å². The summed E-state index contributed by atoms with van der Waals surface area (Å²) in [7, 11) is 0. The molecule has 4 nitrogen and oxygen atoms in total. The van der Waals surface area contributed by atoms with Crippen molar-refractivity contribution in [1.82, 2.24) is 4.90 Å². The Morgan fingerprint density at radius 1 is 1.06 bits per heavy atom. The number of unbranched alkanes of at least 4 members (excludes halogenated alkanes) is 2. The Morgan fingerprint density at radius 2 is 1.69 bits per heavy atom. The predicted octanol–water partition coefficient (Wildman–Crippen LogP) is 6.84. The van der Waals surface area contributed by atoms with Gasteiger partial charge in [-0.2, -0.15) is 0 Å². The number of ether oxygens (including phenoxy) is 1. The van der Waals surface area contributed by atoms with Crippen molar-refractivity contribution in [2.24, 2.45) is 0 Å². The first-order valence-corrected chi connectivity index (χ1v) is 12.0. The van der Waals surface area contributed by atoms with E-state index < -0.39 is 0 Å². The standard InChI is InChI=1S/C28H37NO3/c1-6-8-14-29(15-9-7-2)18-23-24(30)16-20(5)26-27(31)25(32-28(23)26)17-21-10-12-22(13-11-21)19(3)4/h10-13,16-17,19,30H,6-9,14-15,18H2,1-5H3/b25-17+. The molecule has 0 radical (unpaired) electrons. The van der Waals surface area contributed by atoms with Gasteiger partial charge in [0, 0.05) is 6.54 Å². The Kier molecular flexibility index (Phi) is 8.14. The maximum atomic E-state index is 13.2. The van der Waals surface area contributed by atoms with Crippen molar-refractivity contribution in [3.8, 4) is 11.5 Å². The van der Waals surface area contributed by atoms with Crippen molar-refractivity contribution in [3.63, 3.8) is 0 Å². The van der Waals surface area contributed by atoms with Crippen LogP contribution in [0.15, 0.2) is 36.1 Å². The minimum Gasteiger partial charge on any atom is -0.507 e. The van der Waals surface area contributed by atoms with Crippen LogP contribution < -0.4 is 4.74 Å². The number of fused-ring (bicyclic) bond motifs is 1. The molecule has 1 aliphatic heterocycles. The molecule has 1 heterocycles. The minimum atomic E-state index is -0.111. The summed E-state index contributed by atoms with van der Waals surface area (Å²) < 4.78 is 6.13. The molecule has 2 aromatic rings. The second-order valence-electron chi connectivity index (χ2n) is 9.14. The number of benzene rings is 2. The van der Waals surface area contributed by atoms with Gasteiger partial charge < -0.3 is 9.84 Å². The quantitative estimate of drug-likeness (QED) is 0.415. The molecule has 0 unspecified atom stereocenters. The van der Waals surface area contributed by atoms with E-state index in [4.69, 9.17) is 4.74 Å². The highest BCUT2D eigenvalue weighted by Crippen LogP contribution is 2.42. The van der Waals surface area contributed by atoms with Crippen LogP contribution in [0.1, 0.15) is 91.9 Å². The molecule has 0 aromatic heterocycles. The van der Waals surface area contributed by atoms with Crippen molar-refractivity contribution in [1.29, 1.82) is 0 Å². The molecule has 0 atom stereocenters. The lowest BCUT2D eigenvalue weighted by Crippen LogP contribution is -2.26. The first-order chi connectivity index (χ1) is 15.3. The molecule has 0 saturated carbocycles. The summed E-state index contributed by atoms with van der Waals surface area (Å²) in [4.78, 5) is 15.6. The molecule has 2 aromatic carbocycles. The van der Waals surface area contributed by atoms with Crippen LogP contribution in [0.2, 0.25) is 0 Å². The third kappa shape index (κ3) is 5.42. The number of hydrogen-bond donors (Lipinski definition) is 1. The average molecular weight is 436 g/mol. The van der Waals surface area contributed by atoms with Gasteiger partial charge in [0.1, 0.15) is 11.5 Å². The van der Waals surface area contributed by atoms with E-state index in [1.165, 1.54) is 5.56 Å². The molecule has 3 rings (SSSR count). The summed E-state index contributed by atoms with van der Waals surface area (Å²) in [6.45, 7) is 13.1. The van der Waals surface area contributed by atoms with Crippen molar-refractivity contribution < 1.29 is 14.6 Å². The molecular weight excluding hydrogens is 398 g/mol. The third-order valence-electron chi connectivity index (χ3n) is 6.16. The summed E-state index contributed by atoms with van der Waals surface area (Å²) in [6.07, 6.45) is 6.26. The first-order valence-electron chi connectivity index (χ1n) is 12.0. The van der Waals surface area contributed by atoms with Gasteiger partial charge >= 0.3 is 0 Å². The summed E-state index contributed by atoms with van der Waals surface area (Å²) in [5, 5.41) is 10.8. The van der Waals surface area contributed by atoms with Crippen molar-refractivity contribution in [2.75, 3.05) is 13.1 Å². The van der Waals surface area contributed by atoms with Crippen molar-refractivity contribution in [3.05, 3.63) is 63.9 Å². The van der Waals surface area contributed by atoms with Crippen molar-refractivity contribution in [2.45, 2.75) is 72.8 Å². The highest BCUT2D eigenvalue weighted by atomic mass is 16.5. The predicted molar refractivity (Wildman–Crippen MR) is 131 cm³/mol. The number of hydrogen-bond acceptors (Lipinski definition) is 4. The second-order valence-corrected chi connectivity index (χ2v) is 9.14. The Hall–Kier alpha value is -2.59. The molecule has 0 amide bonds. The van der Waals surface area contributed by atoms with Crippen LogP contribution in [0.5, 0.6) is 11.5 Å². The zero-order chi connectivity index (χ0) is 23.3. The maximum absolute atomic E-state index is 13.2. The SMILES string of the molecule is CCCCN(CCCC)Cc1c(O)cc(C)c2c1O/C(=C/c1ccc(C(C)C)cc1)C2=O. The molecule has 0 spiro atoms. The van der Waals surface area contributed by atoms with Crippen LogP contribution in [0.4, 0.5) is 0 Å². The topological polar surface area (TPSA) is 49.8 Å². The number of aromatic hydroxyl groups is 1. The van der Waals surface area contributed by atoms with E-state index >= 15 is 0 Å². The van der Waals surface area contributed by atoms with Crippen LogP contribution in [-0.2, 0) is 6.54 Å². The Morgan fingerprint density at radius 3 is 2.25 bits per heavy atom. The number of carbonyl (C=O) groups is 1. The van der Waals surface area contributed by atoms with Gasteiger partial charge in [-0.1, -0.05) is 64.8 Å². The number of rotatable bonds is 10. The molecule has 172 valence electrons. The second kappa shape index (κ2) is 10.8. The summed E-state index contributed by atoms with van der Waals surface area (Å²) in [5.41, 5.74) is 4.23. The normalized spacial score (nSPS) is 14.5. The van der Waals surface area contributed by atoms with Gasteiger partial charge in [0.15, 0.2) is 5.76 Å². The molecule has 0 fully saturated rings. The zero-order valence-electron chi connectivity index (χ0n) is 20.2. The van der Waals surface area contributed by atoms with E-state index in [0.717, 1.165) is 49.9 Å². The molecule has 1 aliphatic rings. The Bertz CT molecular complexity index is 965. The van der Waals surface area contributed by atoms with E-state index in [1.54, 1.807) is 12.1 Å². The number of nitrogens with zero attached hydrogens (tertiary/aromatic N) is 1. The van der Waals surface area contributed by atoms with Gasteiger partial charge in [-0.25, -0.2) is 0 Å². The molecule has 0 aliphatic carbocycles. The van der Waals surface area contributed by atoms with Gasteiger partial charge in [0.25, 0.3) is 0 Å². The van der Waals surface area contributed by atoms with Gasteiger partial charge in [0.2, 0.25) is 5.78 Å². The molecule has 32 heavy (non-hydrogen) atoms. The lowest BCUT2D eigenvalue weighted by atomic mass is 9.98. The maximum Gasteiger partial charge on any atom is 0.232 e. The molecule has 0 saturated heterocycles. The smallest absolute Gasteiger partial charge is 0.232 e. The average Bonchev–Trinajstić information content (AvgIpc) is 3.09. The number of aryl methyl sites for hydroxylation is 1. The number of ketones is 1. The lowest BCUT2D eigenvalue weighted by molar-refractivity contribution is 0.101. The molecule has 0 bridgehead atoms. The number of carbonyl (C=O) groups excluding carboxylic acids is 1. The summed E-state index contributed by atoms with van der Waals surface area (Å²) in [5.74, 6) is 1.40. The van der Waals surface area contributed by atoms with Gasteiger partial charge in [-0.05, 0) is 67.6 Å². The minimum absolute atomic E-state index is 0.111. The fourth-order valence-electron chi connectivity index (χ4n) is 4.12. The van der Waals surface area contributed by atoms with Crippen LogP contribution in [-0.4, -0.2) is 28.9 Å². The number of phenolic OH excluding ortho intramolecular Hbond substituents is 1. The highest BCUT2D eigenvalue weighted by Gasteiger charge is 2.33. The van der Waals surface area contributed by atoms with E-state index in [1.807, 2.05) is 19.1 Å². The molecule has 4 heteroatoms. The Labute approximate surface area is 192 Å². The Balaban J connectivity index is 1.92. The number of allylic oxidation sites excluding steroid dienone is 1. The van der Waals surface area contributed by atoms with Crippen molar-refractivity contribution >= 4 is 11.9 Å². The van der Waals surface area contributed by atoms with Gasteiger partial charge in [-0.3, -0.25) is 9.69 Å². The van der Waals surface area contributed by atoms with Gasteiger partial charge in [0.05, 0.1) is 11.1 Å². The molecule has 1 N–H and O–H groups in total. The summed E-state index contributed by atoms with van der Waals surface area (Å²) in [6, 6.07) is 9.92. The number of Topliss-reactive ketones (excluding diaryl/α,β-unsaturated/α-hetero) is 1. The number of phenols is 1. The fourth-order valence-corrected chi connectivity index (χ4v) is 4.12. The third-order valence-corrected chi connectivity index (χ3v) is 6.16. The lowest BCUT2D eigenvalue weighted by Gasteiger charge is -2.23.